The molecule has 680 valence electrons. The van der Waals surface area contributed by atoms with Crippen LogP contribution in [0.3, 0.4) is 0 Å². The molecule has 0 unspecified atom stereocenters. The van der Waals surface area contributed by atoms with Crippen LogP contribution in [-0.4, -0.2) is 234 Å². The maximum absolute atomic E-state index is 16.8. The van der Waals surface area contributed by atoms with Crippen LogP contribution in [0.2, 0.25) is 10.0 Å². The SMILES string of the molecule is CCCCCCCCCCCC(=O)N[C@H]1[C@H](Oc2c3cc4cc2Oc2ccc(cc2Cl)[C@@H](O)[C@@H]2NC(=O)[C@H](NC(=O)[C@@H]4NC(=O)[C@H]4NC(=O)[C@@H](Cc5ccc(cc5)O3)NC(=O)[C@@H](NC)c3ccc(O)c(c3)Oc3cc(O)c(Cl)c4c3)c3ccc(O)c(c3)-c3c(O[C@H]4O[C@H](CO)[C@@H](O)[C@H](O)[C@@H]4O)cc(O)cc3[C@H](C(=O)NCCCN(C)C)NC2=O)O[C@H](CO)[C@@H](O)[C@@H]1O. The quantitative estimate of drug-likeness (QED) is 0.0399. The van der Waals surface area contributed by atoms with Crippen molar-refractivity contribution in [3.05, 3.63) is 164 Å². The number of aliphatic hydroxyl groups is 8. The standard InChI is InChI=1S/C88H102Cl2N10O27/c1-5-6-7-8-9-10-11-12-13-15-63(107)94-72-76(111)74(109)61(38-101)125-87(72)127-79-59-32-44-33-60(79)123-56-25-20-43(30-51(56)89)73(108)71-86(120)98-69(81(115)92-26-14-27-100(3)4)49-34-45(103)35-58(124-88-78(113)77(112)75(110)62(39-102)126-88)64(49)48-29-41(18-23-53(48)104)67(83(117)99-71)95-84(118)68(44)96-85(119)70-50-36-47(37-55(106)65(50)90)122-57-31-42(19-24-54(57)105)66(91-2)82(116)93-52(80(114)97-70)28-40-16-21-46(121-59)22-17-40/h16-25,29-37,52,61-62,66-78,87-88,91,101-106,108-113H,5-15,26-28,38-39H2,1-4H3,(H,92,115)(H,93,116)(H,94,107)(H,95,118)(H,96,119)(H,97,114)(H,98,120)(H,99,117)/t52-,61-,62-,66+,67-,68-,69-,70+,71+,72-,73-,74-,75-,76-,77+,78+,87+,88+/m1/s1. The van der Waals surface area contributed by atoms with E-state index < -0.39 is 254 Å². The molecule has 0 aromatic heterocycles. The van der Waals surface area contributed by atoms with Gasteiger partial charge in [0, 0.05) is 48.2 Å². The first-order chi connectivity index (χ1) is 60.8. The molecule has 0 spiro atoms. The number of nitrogens with one attached hydrogen (secondary N) is 9. The Hall–Kier alpha value is -11.4. The normalized spacial score (nSPS) is 25.9. The highest BCUT2D eigenvalue weighted by atomic mass is 35.5. The van der Waals surface area contributed by atoms with E-state index in [4.69, 9.17) is 56.4 Å². The molecule has 0 aliphatic carbocycles. The number of fused-ring (bicyclic) bond motifs is 14. The summed E-state index contributed by atoms with van der Waals surface area (Å²) < 4.78 is 45.0. The Kier molecular flexibility index (Phi) is 30.2. The summed E-state index contributed by atoms with van der Waals surface area (Å²) in [7, 11) is 4.98. The number of nitrogens with zero attached hydrogens (tertiary/aromatic N) is 1. The van der Waals surface area contributed by atoms with E-state index in [0.29, 0.717) is 31.4 Å². The summed E-state index contributed by atoms with van der Waals surface area (Å²) >= 11 is 14.3. The van der Waals surface area contributed by atoms with Crippen LogP contribution < -0.4 is 71.5 Å². The minimum absolute atomic E-state index is 0.0722. The van der Waals surface area contributed by atoms with Crippen LogP contribution in [0.1, 0.15) is 153 Å². The number of halogens is 2. The molecule has 37 nitrogen and oxygen atoms in total. The van der Waals surface area contributed by atoms with Gasteiger partial charge in [-0.05, 0) is 147 Å². The van der Waals surface area contributed by atoms with Crippen LogP contribution in [0.5, 0.6) is 69.0 Å². The third kappa shape index (κ3) is 21.2. The van der Waals surface area contributed by atoms with E-state index in [-0.39, 0.29) is 59.1 Å². The zero-order valence-electron chi connectivity index (χ0n) is 69.4. The van der Waals surface area contributed by atoms with Crippen molar-refractivity contribution in [2.24, 2.45) is 0 Å². The van der Waals surface area contributed by atoms with Gasteiger partial charge >= 0.3 is 0 Å². The van der Waals surface area contributed by atoms with Crippen molar-refractivity contribution >= 4 is 70.5 Å². The van der Waals surface area contributed by atoms with Gasteiger partial charge < -0.3 is 147 Å². The zero-order chi connectivity index (χ0) is 90.9. The molecule has 17 bridgehead atoms. The number of aromatic hydroxyl groups is 4. The summed E-state index contributed by atoms with van der Waals surface area (Å²) in [5.74, 6) is -15.4. The average Bonchev–Trinajstić information content (AvgIpc) is 0.773. The first kappa shape index (κ1) is 93.2. The number of likely N-dealkylation sites (N-methyl/N-ethyl adjacent to an activating group) is 1. The molecule has 8 aliphatic heterocycles. The van der Waals surface area contributed by atoms with Gasteiger partial charge in [0.1, 0.15) is 137 Å². The van der Waals surface area contributed by atoms with E-state index in [0.717, 1.165) is 106 Å². The summed E-state index contributed by atoms with van der Waals surface area (Å²) in [6.45, 7) is 0.561. The molecule has 0 saturated carbocycles. The topological polar surface area (TPSA) is 555 Å². The monoisotopic (exact) mass is 1800 g/mol. The van der Waals surface area contributed by atoms with Gasteiger partial charge in [0.25, 0.3) is 0 Å². The summed E-state index contributed by atoms with van der Waals surface area (Å²) in [5, 5.41) is 162. The average molecular weight is 1800 g/mol. The molecule has 39 heteroatoms. The zero-order valence-corrected chi connectivity index (χ0v) is 70.9. The van der Waals surface area contributed by atoms with Crippen molar-refractivity contribution in [3.8, 4) is 80.1 Å². The fourth-order valence-corrected chi connectivity index (χ4v) is 16.4. The number of phenolic OH excluding ortho intramolecular Hbond substituents is 4. The summed E-state index contributed by atoms with van der Waals surface area (Å²) in [5.41, 5.74) is -2.43. The van der Waals surface area contributed by atoms with Gasteiger partial charge in [0.2, 0.25) is 65.6 Å². The van der Waals surface area contributed by atoms with Gasteiger partial charge in [-0.2, -0.15) is 0 Å². The smallest absolute Gasteiger partial charge is 0.248 e. The fraction of sp³-hybridized carbons (Fsp3) is 0.432. The van der Waals surface area contributed by atoms with Crippen molar-refractivity contribution in [3.63, 3.8) is 0 Å². The highest BCUT2D eigenvalue weighted by molar-refractivity contribution is 6.33. The second kappa shape index (κ2) is 41.1. The number of rotatable bonds is 23. The summed E-state index contributed by atoms with van der Waals surface area (Å²) in [4.78, 5) is 127. The Labute approximate surface area is 737 Å². The molecule has 7 aromatic rings. The number of hydrogen-bond acceptors (Lipinski definition) is 29. The van der Waals surface area contributed by atoms with Gasteiger partial charge in [0.05, 0.1) is 23.3 Å². The number of carbonyl (C=O) groups excluding carboxylic acids is 8. The first-order valence-electron chi connectivity index (χ1n) is 41.6. The van der Waals surface area contributed by atoms with Crippen LogP contribution in [0.25, 0.3) is 11.1 Å². The van der Waals surface area contributed by atoms with Crippen LogP contribution in [-0.2, 0) is 54.3 Å². The molecule has 21 N–H and O–H groups in total. The third-order valence-electron chi connectivity index (χ3n) is 22.8. The Bertz CT molecular complexity index is 5230. The Morgan fingerprint density at radius 3 is 1.83 bits per heavy atom. The predicted molar refractivity (Wildman–Crippen MR) is 452 cm³/mol. The van der Waals surface area contributed by atoms with E-state index in [9.17, 15) is 70.9 Å². The molecule has 2 fully saturated rings. The lowest BCUT2D eigenvalue weighted by molar-refractivity contribution is -0.277. The molecule has 8 aliphatic rings. The number of benzene rings is 7. The lowest BCUT2D eigenvalue weighted by Gasteiger charge is -2.42. The number of unbranched alkanes of at least 4 members (excludes halogenated alkanes) is 8. The third-order valence-corrected chi connectivity index (χ3v) is 23.6. The van der Waals surface area contributed by atoms with Crippen LogP contribution in [0.4, 0.5) is 0 Å². The number of aliphatic hydroxyl groups excluding tert-OH is 8. The Morgan fingerprint density at radius 2 is 1.14 bits per heavy atom. The minimum Gasteiger partial charge on any atom is -0.508 e. The first-order valence-corrected chi connectivity index (χ1v) is 42.4. The molecule has 18 atom stereocenters. The second-order valence-electron chi connectivity index (χ2n) is 32.2. The Balaban J connectivity index is 1.04. The van der Waals surface area contributed by atoms with E-state index in [1.54, 1.807) is 14.1 Å². The molecular formula is C88H102Cl2N10O27. The van der Waals surface area contributed by atoms with Crippen molar-refractivity contribution < 1.29 is 133 Å². The summed E-state index contributed by atoms with van der Waals surface area (Å²) in [6.07, 6.45) is -11.5. The van der Waals surface area contributed by atoms with E-state index >= 15 is 28.8 Å². The molecule has 8 amide bonds. The van der Waals surface area contributed by atoms with Gasteiger partial charge in [-0.15, -0.1) is 0 Å². The van der Waals surface area contributed by atoms with Crippen LogP contribution >= 0.6 is 23.2 Å². The lowest BCUT2D eigenvalue weighted by atomic mass is 9.89. The van der Waals surface area contributed by atoms with Crippen molar-refractivity contribution in [2.75, 3.05) is 47.4 Å². The highest BCUT2D eigenvalue weighted by Crippen LogP contribution is 2.51. The number of ether oxygens (including phenoxy) is 7. The van der Waals surface area contributed by atoms with Crippen molar-refractivity contribution in [2.45, 2.75) is 194 Å². The molecule has 7 aromatic carbocycles. The van der Waals surface area contributed by atoms with Gasteiger partial charge in [-0.1, -0.05) is 112 Å². The number of amides is 8. The highest BCUT2D eigenvalue weighted by Gasteiger charge is 2.50. The molecule has 8 heterocycles. The molecule has 127 heavy (non-hydrogen) atoms. The summed E-state index contributed by atoms with van der Waals surface area (Å²) in [6, 6.07) is 6.62. The fourth-order valence-electron chi connectivity index (χ4n) is 16.0. The maximum Gasteiger partial charge on any atom is 0.248 e. The number of carbonyl (C=O) groups is 8. The molecule has 2 saturated heterocycles. The van der Waals surface area contributed by atoms with Gasteiger partial charge in [-0.3, -0.25) is 38.4 Å². The predicted octanol–water partition coefficient (Wildman–Crippen LogP) is 4.22. The second-order valence-corrected chi connectivity index (χ2v) is 33.0. The van der Waals surface area contributed by atoms with E-state index in [1.165, 1.54) is 61.6 Å². The molecule has 15 rings (SSSR count). The van der Waals surface area contributed by atoms with Crippen LogP contribution in [0, 0.1) is 0 Å². The van der Waals surface area contributed by atoms with E-state index in [2.05, 4.69) is 54.8 Å². The van der Waals surface area contributed by atoms with Crippen LogP contribution in [0.15, 0.2) is 115 Å². The largest absolute Gasteiger partial charge is 0.508 e. The van der Waals surface area contributed by atoms with Gasteiger partial charge in [0.15, 0.2) is 23.0 Å². The lowest BCUT2D eigenvalue weighted by Crippen LogP contribution is -2.65. The molecular weight excluding hydrogens is 1700 g/mol. The minimum atomic E-state index is -2.40. The molecule has 0 radical (unpaired) electrons. The van der Waals surface area contributed by atoms with Crippen molar-refractivity contribution in [1.82, 2.24) is 52.8 Å². The van der Waals surface area contributed by atoms with Gasteiger partial charge in [-0.25, -0.2) is 0 Å². The number of phenols is 4. The number of hydrogen-bond donors (Lipinski definition) is 21. The van der Waals surface area contributed by atoms with E-state index in [1.807, 2.05) is 4.90 Å². The van der Waals surface area contributed by atoms with Crippen molar-refractivity contribution in [1.29, 1.82) is 0 Å². The Morgan fingerprint density at radius 1 is 0.528 bits per heavy atom. The maximum atomic E-state index is 16.8.